The van der Waals surface area contributed by atoms with E-state index in [9.17, 15) is 5.11 Å². The second kappa shape index (κ2) is 7.79. The van der Waals surface area contributed by atoms with Gasteiger partial charge in [-0.1, -0.05) is 12.1 Å². The molecule has 25 heavy (non-hydrogen) atoms. The third kappa shape index (κ3) is 4.35. The number of pyridine rings is 1. The first kappa shape index (κ1) is 17.0. The molecule has 0 saturated carbocycles. The van der Waals surface area contributed by atoms with Crippen LogP contribution in [0.2, 0.25) is 0 Å². The number of ether oxygens (including phenoxy) is 1. The van der Waals surface area contributed by atoms with Crippen LogP contribution in [0.15, 0.2) is 48.8 Å². The van der Waals surface area contributed by atoms with E-state index in [1.54, 1.807) is 18.5 Å². The summed E-state index contributed by atoms with van der Waals surface area (Å²) in [6.07, 6.45) is 2.91. The highest BCUT2D eigenvalue weighted by molar-refractivity contribution is 5.44. The maximum absolute atomic E-state index is 10.1. The number of rotatable bonds is 7. The lowest BCUT2D eigenvalue weighted by Gasteiger charge is -2.13. The predicted molar refractivity (Wildman–Crippen MR) is 94.3 cm³/mol. The molecule has 0 radical (unpaired) electrons. The van der Waals surface area contributed by atoms with Crippen molar-refractivity contribution in [3.63, 3.8) is 0 Å². The van der Waals surface area contributed by atoms with Gasteiger partial charge >= 0.3 is 0 Å². The summed E-state index contributed by atoms with van der Waals surface area (Å²) in [6, 6.07) is 13.4. The number of hydrogen-bond donors (Lipinski definition) is 2. The van der Waals surface area contributed by atoms with Gasteiger partial charge in [0.1, 0.15) is 30.2 Å². The van der Waals surface area contributed by atoms with Crippen molar-refractivity contribution in [3.8, 4) is 11.8 Å². The third-order valence-electron chi connectivity index (χ3n) is 3.83. The Hall–Kier alpha value is -2.88. The summed E-state index contributed by atoms with van der Waals surface area (Å²) < 4.78 is 7.47. The standard InChI is InChI=1S/C19H20N4O2/c1-14-3-2-4-18(7-14)25-13-17(24)11-21-9-16-10-22-19-6-5-15(8-20)12-23(16)19/h2-7,10,12,17,21,24H,9,11,13H2,1H3. The number of nitrogens with one attached hydrogen (secondary N) is 1. The molecule has 6 heteroatoms. The lowest BCUT2D eigenvalue weighted by atomic mass is 10.2. The zero-order valence-corrected chi connectivity index (χ0v) is 14.0. The van der Waals surface area contributed by atoms with Crippen molar-refractivity contribution in [2.45, 2.75) is 19.6 Å². The van der Waals surface area contributed by atoms with Crippen molar-refractivity contribution < 1.29 is 9.84 Å². The van der Waals surface area contributed by atoms with Crippen LogP contribution in [-0.4, -0.2) is 33.7 Å². The van der Waals surface area contributed by atoms with Gasteiger partial charge in [-0.25, -0.2) is 4.98 Å². The van der Waals surface area contributed by atoms with Crippen molar-refractivity contribution in [2.75, 3.05) is 13.2 Å². The SMILES string of the molecule is Cc1cccc(OCC(O)CNCc2cnc3ccc(C#N)cn23)c1. The number of nitriles is 1. The second-order valence-electron chi connectivity index (χ2n) is 5.92. The summed E-state index contributed by atoms with van der Waals surface area (Å²) in [4.78, 5) is 4.30. The van der Waals surface area contributed by atoms with E-state index in [1.807, 2.05) is 41.7 Å². The molecule has 128 valence electrons. The van der Waals surface area contributed by atoms with E-state index in [-0.39, 0.29) is 6.61 Å². The molecule has 2 N–H and O–H groups in total. The lowest BCUT2D eigenvalue weighted by molar-refractivity contribution is 0.106. The van der Waals surface area contributed by atoms with Crippen LogP contribution in [0.3, 0.4) is 0 Å². The van der Waals surface area contributed by atoms with Gasteiger partial charge in [0.2, 0.25) is 0 Å². The zero-order valence-electron chi connectivity index (χ0n) is 14.0. The van der Waals surface area contributed by atoms with Gasteiger partial charge in [0.15, 0.2) is 0 Å². The van der Waals surface area contributed by atoms with Gasteiger partial charge in [-0.05, 0) is 36.8 Å². The molecule has 1 aromatic carbocycles. The molecule has 6 nitrogen and oxygen atoms in total. The summed E-state index contributed by atoms with van der Waals surface area (Å²) in [6.45, 7) is 3.16. The Bertz CT molecular complexity index is 898. The second-order valence-corrected chi connectivity index (χ2v) is 5.92. The largest absolute Gasteiger partial charge is 0.491 e. The molecule has 3 rings (SSSR count). The maximum Gasteiger partial charge on any atom is 0.137 e. The minimum atomic E-state index is -0.616. The van der Waals surface area contributed by atoms with Gasteiger partial charge < -0.3 is 19.6 Å². The molecule has 0 bridgehead atoms. The fraction of sp³-hybridized carbons (Fsp3) is 0.263. The fourth-order valence-electron chi connectivity index (χ4n) is 2.55. The molecule has 1 unspecified atom stereocenters. The molecule has 1 atom stereocenters. The minimum absolute atomic E-state index is 0.224. The Balaban J connectivity index is 1.50. The normalized spacial score (nSPS) is 12.0. The molecule has 0 amide bonds. The van der Waals surface area contributed by atoms with Gasteiger partial charge in [0.25, 0.3) is 0 Å². The molecule has 0 saturated heterocycles. The maximum atomic E-state index is 10.1. The summed E-state index contributed by atoms with van der Waals surface area (Å²) in [5.41, 5.74) is 3.42. The fourth-order valence-corrected chi connectivity index (χ4v) is 2.55. The molecule has 2 heterocycles. The van der Waals surface area contributed by atoms with E-state index < -0.39 is 6.10 Å². The topological polar surface area (TPSA) is 82.6 Å². The number of aryl methyl sites for hydroxylation is 1. The van der Waals surface area contributed by atoms with Crippen molar-refractivity contribution in [2.24, 2.45) is 0 Å². The van der Waals surface area contributed by atoms with Gasteiger partial charge in [-0.15, -0.1) is 0 Å². The van der Waals surface area contributed by atoms with E-state index in [2.05, 4.69) is 16.4 Å². The summed E-state index contributed by atoms with van der Waals surface area (Å²) in [5, 5.41) is 22.2. The number of nitrogens with zero attached hydrogens (tertiary/aromatic N) is 3. The van der Waals surface area contributed by atoms with Crippen LogP contribution in [-0.2, 0) is 6.54 Å². The Labute approximate surface area is 146 Å². The highest BCUT2D eigenvalue weighted by Gasteiger charge is 2.08. The minimum Gasteiger partial charge on any atom is -0.491 e. The van der Waals surface area contributed by atoms with E-state index in [1.165, 1.54) is 0 Å². The van der Waals surface area contributed by atoms with Gasteiger partial charge in [-0.3, -0.25) is 0 Å². The van der Waals surface area contributed by atoms with Gasteiger partial charge in [0, 0.05) is 19.3 Å². The average molecular weight is 336 g/mol. The van der Waals surface area contributed by atoms with Crippen molar-refractivity contribution in [3.05, 3.63) is 65.6 Å². The van der Waals surface area contributed by atoms with Crippen LogP contribution in [0, 0.1) is 18.3 Å². The molecule has 2 aromatic heterocycles. The molecule has 0 aliphatic rings. The van der Waals surface area contributed by atoms with E-state index in [4.69, 9.17) is 10.00 Å². The number of fused-ring (bicyclic) bond motifs is 1. The smallest absolute Gasteiger partial charge is 0.137 e. The van der Waals surface area contributed by atoms with Crippen LogP contribution in [0.4, 0.5) is 0 Å². The highest BCUT2D eigenvalue weighted by atomic mass is 16.5. The number of aliphatic hydroxyl groups is 1. The van der Waals surface area contributed by atoms with Crippen molar-refractivity contribution >= 4 is 5.65 Å². The zero-order chi connectivity index (χ0) is 17.6. The molecule has 0 fully saturated rings. The highest BCUT2D eigenvalue weighted by Crippen LogP contribution is 2.12. The summed E-state index contributed by atoms with van der Waals surface area (Å²) in [5.74, 6) is 0.755. The van der Waals surface area contributed by atoms with Crippen molar-refractivity contribution in [1.29, 1.82) is 5.26 Å². The Morgan fingerprint density at radius 3 is 3.04 bits per heavy atom. The van der Waals surface area contributed by atoms with Crippen LogP contribution in [0.25, 0.3) is 5.65 Å². The number of aliphatic hydroxyl groups excluding tert-OH is 1. The molecule has 3 aromatic rings. The molecule has 0 spiro atoms. The number of imidazole rings is 1. The number of aromatic nitrogens is 2. The van der Waals surface area contributed by atoms with Crippen LogP contribution in [0.5, 0.6) is 5.75 Å². The molecule has 0 aliphatic carbocycles. The van der Waals surface area contributed by atoms with Crippen LogP contribution < -0.4 is 10.1 Å². The summed E-state index contributed by atoms with van der Waals surface area (Å²) >= 11 is 0. The first-order chi connectivity index (χ1) is 12.2. The van der Waals surface area contributed by atoms with Gasteiger partial charge in [-0.2, -0.15) is 5.26 Å². The van der Waals surface area contributed by atoms with E-state index in [0.29, 0.717) is 18.7 Å². The van der Waals surface area contributed by atoms with E-state index >= 15 is 0 Å². The number of benzene rings is 1. The first-order valence-electron chi connectivity index (χ1n) is 8.10. The third-order valence-corrected chi connectivity index (χ3v) is 3.83. The molecule has 0 aliphatic heterocycles. The monoisotopic (exact) mass is 336 g/mol. The van der Waals surface area contributed by atoms with Crippen molar-refractivity contribution in [1.82, 2.24) is 14.7 Å². The molecular formula is C19H20N4O2. The Morgan fingerprint density at radius 1 is 1.36 bits per heavy atom. The lowest BCUT2D eigenvalue weighted by Crippen LogP contribution is -2.31. The first-order valence-corrected chi connectivity index (χ1v) is 8.10. The number of hydrogen-bond acceptors (Lipinski definition) is 5. The van der Waals surface area contributed by atoms with Crippen LogP contribution in [0.1, 0.15) is 16.8 Å². The van der Waals surface area contributed by atoms with Gasteiger partial charge in [0.05, 0.1) is 17.5 Å². The average Bonchev–Trinajstić information content (AvgIpc) is 3.02. The summed E-state index contributed by atoms with van der Waals surface area (Å²) in [7, 11) is 0. The Morgan fingerprint density at radius 2 is 2.24 bits per heavy atom. The predicted octanol–water partition coefficient (Wildman–Crippen LogP) is 2.04. The van der Waals surface area contributed by atoms with E-state index in [0.717, 1.165) is 22.7 Å². The molecular weight excluding hydrogens is 316 g/mol. The Kier molecular flexibility index (Phi) is 5.29. The van der Waals surface area contributed by atoms with Crippen LogP contribution >= 0.6 is 0 Å². The quantitative estimate of drug-likeness (QED) is 0.690.